The van der Waals surface area contributed by atoms with Crippen molar-refractivity contribution in [2.24, 2.45) is 5.92 Å². The molecule has 0 saturated heterocycles. The first kappa shape index (κ1) is 23.1. The van der Waals surface area contributed by atoms with Crippen molar-refractivity contribution in [2.45, 2.75) is 26.8 Å². The van der Waals surface area contributed by atoms with Crippen LogP contribution in [0.25, 0.3) is 0 Å². The van der Waals surface area contributed by atoms with Crippen LogP contribution in [0, 0.1) is 5.92 Å². The fraction of sp³-hybridized carbons (Fsp3) is 0.333. The van der Waals surface area contributed by atoms with Crippen molar-refractivity contribution in [3.63, 3.8) is 0 Å². The highest BCUT2D eigenvalue weighted by Gasteiger charge is 2.43. The summed E-state index contributed by atoms with van der Waals surface area (Å²) in [5.41, 5.74) is 1.19. The Morgan fingerprint density at radius 2 is 1.62 bits per heavy atom. The Morgan fingerprint density at radius 3 is 2.22 bits per heavy atom. The first-order valence-corrected chi connectivity index (χ1v) is 10.5. The fourth-order valence-corrected chi connectivity index (χ4v) is 3.54. The third kappa shape index (κ3) is 4.86. The number of esters is 1. The molecule has 0 saturated carbocycles. The van der Waals surface area contributed by atoms with Crippen LogP contribution in [-0.2, 0) is 14.3 Å². The van der Waals surface area contributed by atoms with Crippen molar-refractivity contribution < 1.29 is 28.7 Å². The third-order valence-electron chi connectivity index (χ3n) is 5.03. The minimum absolute atomic E-state index is 0.123. The van der Waals surface area contributed by atoms with Crippen LogP contribution in [-0.4, -0.2) is 54.5 Å². The van der Waals surface area contributed by atoms with Gasteiger partial charge in [0.25, 0.3) is 11.8 Å². The molecule has 0 fully saturated rings. The van der Waals surface area contributed by atoms with Gasteiger partial charge in [-0.3, -0.25) is 19.3 Å². The van der Waals surface area contributed by atoms with Crippen LogP contribution in [0.4, 0.5) is 5.69 Å². The molecule has 2 aromatic carbocycles. The normalized spacial score (nSPS) is 13.8. The molecule has 0 spiro atoms. The van der Waals surface area contributed by atoms with Gasteiger partial charge in [-0.25, -0.2) is 4.79 Å². The number of imide groups is 1. The average Bonchev–Trinajstić information content (AvgIpc) is 3.02. The van der Waals surface area contributed by atoms with Gasteiger partial charge in [0.2, 0.25) is 5.91 Å². The van der Waals surface area contributed by atoms with E-state index >= 15 is 0 Å². The summed E-state index contributed by atoms with van der Waals surface area (Å²) in [7, 11) is 0. The number of carbonyl (C=O) groups excluding carboxylic acids is 4. The number of nitrogens with zero attached hydrogens (tertiary/aromatic N) is 1. The van der Waals surface area contributed by atoms with Gasteiger partial charge in [-0.2, -0.15) is 0 Å². The zero-order chi connectivity index (χ0) is 23.3. The molecular formula is C24H26N2O6. The van der Waals surface area contributed by atoms with Crippen molar-refractivity contribution in [2.75, 3.05) is 25.1 Å². The van der Waals surface area contributed by atoms with Gasteiger partial charge in [0.15, 0.2) is 0 Å². The minimum Gasteiger partial charge on any atom is -0.460 e. The summed E-state index contributed by atoms with van der Waals surface area (Å²) in [5, 5.41) is 2.72. The van der Waals surface area contributed by atoms with Crippen LogP contribution < -0.4 is 5.32 Å². The molecule has 3 rings (SSSR count). The van der Waals surface area contributed by atoms with Gasteiger partial charge >= 0.3 is 5.97 Å². The van der Waals surface area contributed by atoms with Crippen molar-refractivity contribution in [1.82, 2.24) is 4.90 Å². The lowest BCUT2D eigenvalue weighted by molar-refractivity contribution is -0.121. The van der Waals surface area contributed by atoms with Crippen molar-refractivity contribution in [3.05, 3.63) is 65.2 Å². The molecule has 0 aliphatic carbocycles. The SMILES string of the molecule is CCOCCOC(=O)c1cccc(NC(=O)[C@@H](C(C)C)N2C(=O)c3ccccc3C2=O)c1. The maximum atomic E-state index is 13.1. The molecule has 0 radical (unpaired) electrons. The maximum Gasteiger partial charge on any atom is 0.338 e. The van der Waals surface area contributed by atoms with E-state index in [9.17, 15) is 19.2 Å². The summed E-state index contributed by atoms with van der Waals surface area (Å²) in [6.45, 7) is 6.33. The van der Waals surface area contributed by atoms with E-state index < -0.39 is 29.7 Å². The van der Waals surface area contributed by atoms with Gasteiger partial charge in [-0.1, -0.05) is 32.0 Å². The maximum absolute atomic E-state index is 13.1. The van der Waals surface area contributed by atoms with E-state index in [-0.39, 0.29) is 29.2 Å². The summed E-state index contributed by atoms with van der Waals surface area (Å²) in [6.07, 6.45) is 0. The van der Waals surface area contributed by atoms with E-state index in [1.807, 2.05) is 6.92 Å². The summed E-state index contributed by atoms with van der Waals surface area (Å²) in [5.74, 6) is -2.38. The monoisotopic (exact) mass is 438 g/mol. The smallest absolute Gasteiger partial charge is 0.338 e. The summed E-state index contributed by atoms with van der Waals surface area (Å²) < 4.78 is 10.3. The first-order valence-electron chi connectivity index (χ1n) is 10.5. The predicted octanol–water partition coefficient (Wildman–Crippen LogP) is 3.14. The van der Waals surface area contributed by atoms with E-state index in [0.717, 1.165) is 4.90 Å². The van der Waals surface area contributed by atoms with Crippen LogP contribution in [0.1, 0.15) is 51.8 Å². The van der Waals surface area contributed by atoms with E-state index in [0.29, 0.717) is 18.9 Å². The highest BCUT2D eigenvalue weighted by molar-refractivity contribution is 6.23. The molecular weight excluding hydrogens is 412 g/mol. The van der Waals surface area contributed by atoms with Gasteiger partial charge < -0.3 is 14.8 Å². The van der Waals surface area contributed by atoms with Crippen LogP contribution in [0.2, 0.25) is 0 Å². The molecule has 2 aromatic rings. The van der Waals surface area contributed by atoms with Crippen molar-refractivity contribution >= 4 is 29.4 Å². The van der Waals surface area contributed by atoms with Gasteiger partial charge in [0, 0.05) is 12.3 Å². The second-order valence-electron chi connectivity index (χ2n) is 7.62. The Morgan fingerprint density at radius 1 is 0.969 bits per heavy atom. The molecule has 1 aliphatic rings. The van der Waals surface area contributed by atoms with Gasteiger partial charge in [-0.05, 0) is 43.2 Å². The summed E-state index contributed by atoms with van der Waals surface area (Å²) >= 11 is 0. The van der Waals surface area contributed by atoms with E-state index in [4.69, 9.17) is 9.47 Å². The zero-order valence-electron chi connectivity index (χ0n) is 18.3. The van der Waals surface area contributed by atoms with Crippen molar-refractivity contribution in [1.29, 1.82) is 0 Å². The second-order valence-corrected chi connectivity index (χ2v) is 7.62. The zero-order valence-corrected chi connectivity index (χ0v) is 18.3. The van der Waals surface area contributed by atoms with Crippen LogP contribution >= 0.6 is 0 Å². The predicted molar refractivity (Wildman–Crippen MR) is 117 cm³/mol. The molecule has 32 heavy (non-hydrogen) atoms. The second kappa shape index (κ2) is 10.2. The standard InChI is InChI=1S/C24H26N2O6/c1-4-31-12-13-32-24(30)16-8-7-9-17(14-16)25-21(27)20(15(2)3)26-22(28)18-10-5-6-11-19(18)23(26)29/h5-11,14-15,20H,4,12-13H2,1-3H3,(H,25,27)/t20-/m1/s1. The van der Waals surface area contributed by atoms with Crippen molar-refractivity contribution in [3.8, 4) is 0 Å². The van der Waals surface area contributed by atoms with Gasteiger partial charge in [0.05, 0.1) is 23.3 Å². The van der Waals surface area contributed by atoms with E-state index in [1.165, 1.54) is 6.07 Å². The number of hydrogen-bond acceptors (Lipinski definition) is 6. The van der Waals surface area contributed by atoms with Crippen LogP contribution in [0.15, 0.2) is 48.5 Å². The Hall–Kier alpha value is -3.52. The third-order valence-corrected chi connectivity index (χ3v) is 5.03. The highest BCUT2D eigenvalue weighted by atomic mass is 16.6. The molecule has 0 bridgehead atoms. The number of carbonyl (C=O) groups is 4. The lowest BCUT2D eigenvalue weighted by Gasteiger charge is -2.28. The molecule has 8 heteroatoms. The topological polar surface area (TPSA) is 102 Å². The van der Waals surface area contributed by atoms with Gasteiger partial charge in [0.1, 0.15) is 12.6 Å². The Kier molecular flexibility index (Phi) is 7.37. The lowest BCUT2D eigenvalue weighted by atomic mass is 10.0. The number of hydrogen-bond donors (Lipinski definition) is 1. The number of fused-ring (bicyclic) bond motifs is 1. The fourth-order valence-electron chi connectivity index (χ4n) is 3.54. The Labute approximate surface area is 186 Å². The molecule has 3 amide bonds. The Balaban J connectivity index is 1.75. The largest absolute Gasteiger partial charge is 0.460 e. The molecule has 1 aliphatic heterocycles. The number of anilines is 1. The molecule has 0 unspecified atom stereocenters. The highest BCUT2D eigenvalue weighted by Crippen LogP contribution is 2.28. The summed E-state index contributed by atoms with van der Waals surface area (Å²) in [4.78, 5) is 52.1. The minimum atomic E-state index is -1.01. The number of ether oxygens (including phenoxy) is 2. The lowest BCUT2D eigenvalue weighted by Crippen LogP contribution is -2.50. The molecule has 1 heterocycles. The van der Waals surface area contributed by atoms with Crippen LogP contribution in [0.3, 0.4) is 0 Å². The number of amides is 3. The Bertz CT molecular complexity index is 998. The number of rotatable bonds is 9. The molecule has 8 nitrogen and oxygen atoms in total. The number of nitrogens with one attached hydrogen (secondary N) is 1. The number of benzene rings is 2. The molecule has 1 atom stereocenters. The van der Waals surface area contributed by atoms with E-state index in [1.54, 1.807) is 56.3 Å². The van der Waals surface area contributed by atoms with Gasteiger partial charge in [-0.15, -0.1) is 0 Å². The first-order chi connectivity index (χ1) is 15.3. The molecule has 168 valence electrons. The van der Waals surface area contributed by atoms with Crippen LogP contribution in [0.5, 0.6) is 0 Å². The summed E-state index contributed by atoms with van der Waals surface area (Å²) in [6, 6.07) is 11.8. The molecule has 0 aromatic heterocycles. The quantitative estimate of drug-likeness (QED) is 0.367. The molecule has 1 N–H and O–H groups in total. The average molecular weight is 438 g/mol. The van der Waals surface area contributed by atoms with E-state index in [2.05, 4.69) is 5.32 Å².